The smallest absolute Gasteiger partial charge is 0.344 e. The van der Waals surface area contributed by atoms with Crippen molar-refractivity contribution in [2.75, 3.05) is 13.2 Å². The van der Waals surface area contributed by atoms with Crippen LogP contribution >= 0.6 is 0 Å². The number of rotatable bonds is 12. The summed E-state index contributed by atoms with van der Waals surface area (Å²) >= 11 is 0. The van der Waals surface area contributed by atoms with Crippen LogP contribution in [0.1, 0.15) is 43.0 Å². The van der Waals surface area contributed by atoms with Crippen LogP contribution in [-0.4, -0.2) is 25.2 Å². The molecule has 0 aliphatic rings. The molecule has 0 saturated heterocycles. The maximum absolute atomic E-state index is 12.9. The van der Waals surface area contributed by atoms with Crippen molar-refractivity contribution in [3.8, 4) is 22.6 Å². The van der Waals surface area contributed by atoms with Crippen LogP contribution in [0.3, 0.4) is 0 Å². The summed E-state index contributed by atoms with van der Waals surface area (Å²) in [5, 5.41) is 0. The van der Waals surface area contributed by atoms with Crippen LogP contribution in [0, 0.1) is 0 Å². The predicted octanol–water partition coefficient (Wildman–Crippen LogP) is 6.63. The molecule has 0 bridgehead atoms. The van der Waals surface area contributed by atoms with E-state index in [1.165, 1.54) is 0 Å². The highest BCUT2D eigenvalue weighted by molar-refractivity contribution is 5.98. The summed E-state index contributed by atoms with van der Waals surface area (Å²) in [6.07, 6.45) is 3.62. The summed E-state index contributed by atoms with van der Waals surface area (Å²) < 4.78 is 16.6. The van der Waals surface area contributed by atoms with E-state index >= 15 is 0 Å². The van der Waals surface area contributed by atoms with E-state index < -0.39 is 5.97 Å². The van der Waals surface area contributed by atoms with Crippen molar-refractivity contribution >= 4 is 11.9 Å². The second-order valence-corrected chi connectivity index (χ2v) is 7.95. The van der Waals surface area contributed by atoms with E-state index in [1.807, 2.05) is 54.6 Å². The van der Waals surface area contributed by atoms with Crippen molar-refractivity contribution in [3.05, 3.63) is 96.6 Å². The Morgan fingerprint density at radius 2 is 1.41 bits per heavy atom. The minimum atomic E-state index is -0.413. The molecule has 0 aliphatic heterocycles. The molecule has 34 heavy (non-hydrogen) atoms. The van der Waals surface area contributed by atoms with Crippen molar-refractivity contribution in [3.63, 3.8) is 0 Å². The topological polar surface area (TPSA) is 61.8 Å². The summed E-state index contributed by atoms with van der Waals surface area (Å²) in [6.45, 7) is 6.18. The monoisotopic (exact) mass is 458 g/mol. The van der Waals surface area contributed by atoms with Crippen LogP contribution in [-0.2, 0) is 9.53 Å². The average Bonchev–Trinajstić information content (AvgIpc) is 2.86. The molecule has 0 amide bonds. The highest BCUT2D eigenvalue weighted by Gasteiger charge is 2.16. The Labute approximate surface area is 201 Å². The maximum Gasteiger partial charge on any atom is 0.344 e. The Hall–Kier alpha value is -3.86. The molecule has 0 N–H and O–H groups in total. The Morgan fingerprint density at radius 1 is 0.765 bits per heavy atom. The van der Waals surface area contributed by atoms with E-state index in [1.54, 1.807) is 31.2 Å². The number of carbonyl (C=O) groups is 2. The molecule has 0 fully saturated rings. The second-order valence-electron chi connectivity index (χ2n) is 7.95. The molecule has 0 radical (unpaired) electrons. The Morgan fingerprint density at radius 3 is 2.09 bits per heavy atom. The Balaban J connectivity index is 1.56. The number of hydrogen-bond donors (Lipinski definition) is 0. The zero-order chi connectivity index (χ0) is 24.2. The minimum absolute atomic E-state index is 0.339. The molecule has 0 heterocycles. The summed E-state index contributed by atoms with van der Waals surface area (Å²) in [5.74, 6) is 0.448. The van der Waals surface area contributed by atoms with E-state index in [2.05, 4.69) is 6.58 Å². The molecule has 3 aromatic carbocycles. The van der Waals surface area contributed by atoms with Crippen molar-refractivity contribution < 1.29 is 23.8 Å². The van der Waals surface area contributed by atoms with Crippen molar-refractivity contribution in [1.29, 1.82) is 0 Å². The van der Waals surface area contributed by atoms with Crippen molar-refractivity contribution in [2.24, 2.45) is 0 Å². The number of ether oxygens (including phenoxy) is 3. The molecule has 5 nitrogen and oxygen atoms in total. The van der Waals surface area contributed by atoms with Gasteiger partial charge in [-0.3, -0.25) is 0 Å². The van der Waals surface area contributed by atoms with Gasteiger partial charge in [-0.1, -0.05) is 55.1 Å². The first kappa shape index (κ1) is 24.8. The van der Waals surface area contributed by atoms with Gasteiger partial charge in [-0.05, 0) is 74.1 Å². The first-order chi connectivity index (χ1) is 16.5. The summed E-state index contributed by atoms with van der Waals surface area (Å²) in [7, 11) is 0. The van der Waals surface area contributed by atoms with Gasteiger partial charge in [0.25, 0.3) is 0 Å². The first-order valence-corrected chi connectivity index (χ1v) is 11.5. The zero-order valence-corrected chi connectivity index (χ0v) is 19.5. The zero-order valence-electron chi connectivity index (χ0n) is 19.5. The van der Waals surface area contributed by atoms with Gasteiger partial charge in [-0.25, -0.2) is 9.59 Å². The second kappa shape index (κ2) is 13.0. The largest absolute Gasteiger partial charge is 0.494 e. The summed E-state index contributed by atoms with van der Waals surface area (Å²) in [6, 6.07) is 24.2. The van der Waals surface area contributed by atoms with E-state index in [0.717, 1.165) is 36.8 Å². The minimum Gasteiger partial charge on any atom is -0.494 e. The molecule has 0 saturated carbocycles. The molecule has 3 rings (SSSR count). The van der Waals surface area contributed by atoms with Gasteiger partial charge in [0.1, 0.15) is 11.5 Å². The molecule has 0 aromatic heterocycles. The maximum atomic E-state index is 12.9. The fourth-order valence-electron chi connectivity index (χ4n) is 3.33. The molecule has 0 aliphatic carbocycles. The van der Waals surface area contributed by atoms with Crippen LogP contribution in [0.2, 0.25) is 0 Å². The Kier molecular flexibility index (Phi) is 9.47. The van der Waals surface area contributed by atoms with Crippen molar-refractivity contribution in [1.82, 2.24) is 0 Å². The average molecular weight is 459 g/mol. The standard InChI is InChI=1S/C29H30O5/c1-22(2)28(30)33-20-12-4-3-11-19-32-25-17-18-26(27(21-25)23-13-7-5-8-14-23)29(31)34-24-15-9-6-10-16-24/h5-10,13-18,21H,1,3-4,11-12,19-20H2,2H3. The third-order valence-corrected chi connectivity index (χ3v) is 5.14. The van der Waals surface area contributed by atoms with Gasteiger partial charge in [0.2, 0.25) is 0 Å². The predicted molar refractivity (Wildman–Crippen MR) is 133 cm³/mol. The molecule has 0 spiro atoms. The lowest BCUT2D eigenvalue weighted by Gasteiger charge is -2.13. The highest BCUT2D eigenvalue weighted by Crippen LogP contribution is 2.29. The number of esters is 2. The van der Waals surface area contributed by atoms with Crippen molar-refractivity contribution in [2.45, 2.75) is 32.6 Å². The van der Waals surface area contributed by atoms with Gasteiger partial charge in [-0.15, -0.1) is 0 Å². The van der Waals surface area contributed by atoms with Gasteiger partial charge in [-0.2, -0.15) is 0 Å². The Bertz CT molecular complexity index is 1090. The van der Waals surface area contributed by atoms with E-state index in [4.69, 9.17) is 14.2 Å². The van der Waals surface area contributed by atoms with Gasteiger partial charge >= 0.3 is 11.9 Å². The first-order valence-electron chi connectivity index (χ1n) is 11.5. The molecular weight excluding hydrogens is 428 g/mol. The third-order valence-electron chi connectivity index (χ3n) is 5.14. The van der Waals surface area contributed by atoms with Crippen LogP contribution in [0.25, 0.3) is 11.1 Å². The quantitative estimate of drug-likeness (QED) is 0.132. The number of unbranched alkanes of at least 4 members (excludes halogenated alkanes) is 3. The summed E-state index contributed by atoms with van der Waals surface area (Å²) in [5.41, 5.74) is 2.57. The van der Waals surface area contributed by atoms with Crippen LogP contribution in [0.4, 0.5) is 0 Å². The van der Waals surface area contributed by atoms with Crippen LogP contribution in [0.15, 0.2) is 91.0 Å². The number of carbonyl (C=O) groups excluding carboxylic acids is 2. The highest BCUT2D eigenvalue weighted by atomic mass is 16.5. The lowest BCUT2D eigenvalue weighted by atomic mass is 9.99. The van der Waals surface area contributed by atoms with Gasteiger partial charge in [0, 0.05) is 5.57 Å². The normalized spacial score (nSPS) is 10.4. The van der Waals surface area contributed by atoms with Gasteiger partial charge in [0.05, 0.1) is 18.8 Å². The number of hydrogen-bond acceptors (Lipinski definition) is 5. The fourth-order valence-corrected chi connectivity index (χ4v) is 3.33. The lowest BCUT2D eigenvalue weighted by molar-refractivity contribution is -0.139. The molecule has 176 valence electrons. The van der Waals surface area contributed by atoms with Crippen LogP contribution < -0.4 is 9.47 Å². The number of para-hydroxylation sites is 1. The summed E-state index contributed by atoms with van der Waals surface area (Å²) in [4.78, 5) is 24.2. The van der Waals surface area contributed by atoms with Gasteiger partial charge in [0.15, 0.2) is 0 Å². The van der Waals surface area contributed by atoms with Crippen LogP contribution in [0.5, 0.6) is 11.5 Å². The molecule has 0 atom stereocenters. The molecule has 5 heteroatoms. The van der Waals surface area contributed by atoms with Gasteiger partial charge < -0.3 is 14.2 Å². The van der Waals surface area contributed by atoms with E-state index in [9.17, 15) is 9.59 Å². The number of benzene rings is 3. The molecule has 3 aromatic rings. The molecular formula is C29H30O5. The molecule has 0 unspecified atom stereocenters. The van der Waals surface area contributed by atoms with E-state index in [0.29, 0.717) is 35.8 Å². The fraction of sp³-hybridized carbons (Fsp3) is 0.241. The van der Waals surface area contributed by atoms with E-state index in [-0.39, 0.29) is 5.97 Å². The lowest BCUT2D eigenvalue weighted by Crippen LogP contribution is -2.10. The third kappa shape index (κ3) is 7.62. The SMILES string of the molecule is C=C(C)C(=O)OCCCCCCOc1ccc(C(=O)Oc2ccccc2)c(-c2ccccc2)c1.